The average Bonchev–Trinajstić information content (AvgIpc) is 3.75. The number of hydrogen-bond donors (Lipinski definition) is 2. The molecule has 0 bridgehead atoms. The second-order valence-corrected chi connectivity index (χ2v) is 12.7. The van der Waals surface area contributed by atoms with E-state index in [4.69, 9.17) is 54.7 Å². The van der Waals surface area contributed by atoms with E-state index in [2.05, 4.69) is 49.5 Å². The van der Waals surface area contributed by atoms with Crippen LogP contribution in [-0.2, 0) is 21.8 Å². The fraction of sp³-hybridized carbons (Fsp3) is 0.364. The van der Waals surface area contributed by atoms with Crippen molar-refractivity contribution in [2.75, 3.05) is 74.7 Å². The van der Waals surface area contributed by atoms with E-state index in [0.29, 0.717) is 40.5 Å². The molecule has 2 fully saturated rings. The number of anilines is 3. The molecule has 2 aliphatic rings. The molecule has 2 aliphatic heterocycles. The molecule has 0 aliphatic carbocycles. The van der Waals surface area contributed by atoms with Crippen molar-refractivity contribution in [3.63, 3.8) is 0 Å². The van der Waals surface area contributed by atoms with Gasteiger partial charge in [0.2, 0.25) is 5.79 Å². The molecule has 0 unspecified atom stereocenters. The fourth-order valence-electron chi connectivity index (χ4n) is 5.67. The molecule has 14 heteroatoms. The van der Waals surface area contributed by atoms with Gasteiger partial charge in [-0.1, -0.05) is 29.3 Å². The second kappa shape index (κ2) is 15.1. The molecule has 3 aromatic carbocycles. The molecule has 0 spiro atoms. The summed E-state index contributed by atoms with van der Waals surface area (Å²) in [6.07, 6.45) is 2.75. The van der Waals surface area contributed by atoms with Gasteiger partial charge in [0.25, 0.3) is 0 Å². The smallest absolute Gasteiger partial charge is 0.217 e. The summed E-state index contributed by atoms with van der Waals surface area (Å²) in [6.45, 7) is 5.09. The number of aliphatic hydroxyl groups excluding tert-OH is 1. The first-order valence-electron chi connectivity index (χ1n) is 15.4. The number of aliphatic hydroxyl groups is 1. The highest BCUT2D eigenvalue weighted by atomic mass is 35.5. The molecule has 6 rings (SSSR count). The van der Waals surface area contributed by atoms with E-state index in [0.717, 1.165) is 43.3 Å². The SMILES string of the molecule is CN(CCO)C(=S)Nc1ccc(N2CCN(c3ccc(OC[C@@H]4CO[C@@](Cn5cncn5)(c5ccc(Cl)cc5Cl)O4)cc3)CC2)cc1. The zero-order valence-corrected chi connectivity index (χ0v) is 28.3. The topological polar surface area (TPSA) is 100 Å². The first-order valence-corrected chi connectivity index (χ1v) is 16.5. The minimum absolute atomic E-state index is 0.0586. The lowest BCUT2D eigenvalue weighted by Gasteiger charge is -2.37. The maximum atomic E-state index is 9.12. The largest absolute Gasteiger partial charge is 0.491 e. The molecule has 0 radical (unpaired) electrons. The van der Waals surface area contributed by atoms with E-state index in [1.54, 1.807) is 23.1 Å². The minimum atomic E-state index is -1.15. The van der Waals surface area contributed by atoms with Gasteiger partial charge in [-0.05, 0) is 72.9 Å². The Kier molecular flexibility index (Phi) is 10.7. The second-order valence-electron chi connectivity index (χ2n) is 11.4. The van der Waals surface area contributed by atoms with Crippen molar-refractivity contribution in [1.82, 2.24) is 19.7 Å². The molecular weight excluding hydrogens is 661 g/mol. The summed E-state index contributed by atoms with van der Waals surface area (Å²) >= 11 is 18.1. The summed E-state index contributed by atoms with van der Waals surface area (Å²) < 4.78 is 20.5. The van der Waals surface area contributed by atoms with E-state index < -0.39 is 5.79 Å². The summed E-state index contributed by atoms with van der Waals surface area (Å²) in [7, 11) is 1.86. The van der Waals surface area contributed by atoms with Crippen LogP contribution < -0.4 is 19.9 Å². The van der Waals surface area contributed by atoms with Crippen LogP contribution in [0, 0.1) is 0 Å². The third kappa shape index (κ3) is 8.08. The van der Waals surface area contributed by atoms with E-state index >= 15 is 0 Å². The van der Waals surface area contributed by atoms with Crippen LogP contribution in [0.2, 0.25) is 10.0 Å². The van der Waals surface area contributed by atoms with Crippen LogP contribution in [0.4, 0.5) is 17.1 Å². The van der Waals surface area contributed by atoms with Gasteiger partial charge >= 0.3 is 0 Å². The van der Waals surface area contributed by atoms with E-state index in [9.17, 15) is 0 Å². The summed E-state index contributed by atoms with van der Waals surface area (Å²) in [4.78, 5) is 10.6. The molecule has 11 nitrogen and oxygen atoms in total. The molecule has 2 atom stereocenters. The Balaban J connectivity index is 0.997. The maximum Gasteiger partial charge on any atom is 0.217 e. The van der Waals surface area contributed by atoms with Gasteiger partial charge in [-0.15, -0.1) is 0 Å². The highest BCUT2D eigenvalue weighted by Crippen LogP contribution is 2.40. The summed E-state index contributed by atoms with van der Waals surface area (Å²) in [6, 6.07) is 21.7. The van der Waals surface area contributed by atoms with Gasteiger partial charge in [-0.25, -0.2) is 9.67 Å². The molecule has 2 saturated heterocycles. The average molecular weight is 699 g/mol. The van der Waals surface area contributed by atoms with Crippen molar-refractivity contribution in [2.45, 2.75) is 18.4 Å². The van der Waals surface area contributed by atoms with Gasteiger partial charge in [0.15, 0.2) is 5.11 Å². The normalized spacial score (nSPS) is 19.5. The number of rotatable bonds is 11. The van der Waals surface area contributed by atoms with Gasteiger partial charge in [0, 0.05) is 67.4 Å². The molecule has 0 saturated carbocycles. The first kappa shape index (κ1) is 33.3. The Morgan fingerprint density at radius 1 is 1.04 bits per heavy atom. The Hall–Kier alpha value is -3.65. The standard InChI is InChI=1S/C33H37Cl2N7O4S/c1-39(16-17-43)32(47)38-25-3-5-26(6-4-25)40-12-14-41(15-13-40)27-7-9-28(10-8-27)44-19-29-20-45-33(46-29,21-42-23-36-22-37-42)30-11-2-24(34)18-31(30)35/h2-11,18,22-23,29,43H,12-17,19-21H2,1H3,(H,38,47)/t29-,33-/m1/s1. The Morgan fingerprint density at radius 3 is 2.34 bits per heavy atom. The van der Waals surface area contributed by atoms with Crippen molar-refractivity contribution >= 4 is 57.6 Å². The van der Waals surface area contributed by atoms with Crippen LogP contribution in [0.3, 0.4) is 0 Å². The summed E-state index contributed by atoms with van der Waals surface area (Å²) in [5.41, 5.74) is 3.92. The Morgan fingerprint density at radius 2 is 1.72 bits per heavy atom. The highest BCUT2D eigenvalue weighted by Gasteiger charge is 2.45. The van der Waals surface area contributed by atoms with Gasteiger partial charge in [-0.2, -0.15) is 5.10 Å². The molecule has 1 aromatic heterocycles. The number of benzene rings is 3. The summed E-state index contributed by atoms with van der Waals surface area (Å²) in [5, 5.41) is 18.1. The van der Waals surface area contributed by atoms with Crippen LogP contribution in [0.1, 0.15) is 5.56 Å². The minimum Gasteiger partial charge on any atom is -0.491 e. The molecule has 0 amide bonds. The lowest BCUT2D eigenvalue weighted by Crippen LogP contribution is -2.46. The number of piperazine rings is 1. The van der Waals surface area contributed by atoms with Crippen molar-refractivity contribution in [2.24, 2.45) is 0 Å². The molecule has 4 aromatic rings. The van der Waals surface area contributed by atoms with E-state index in [1.165, 1.54) is 12.0 Å². The monoisotopic (exact) mass is 697 g/mol. The van der Waals surface area contributed by atoms with Crippen LogP contribution in [0.15, 0.2) is 79.4 Å². The summed E-state index contributed by atoms with van der Waals surface area (Å²) in [5.74, 6) is -0.399. The van der Waals surface area contributed by atoms with Gasteiger partial charge < -0.3 is 39.3 Å². The first-order chi connectivity index (χ1) is 22.8. The number of nitrogens with zero attached hydrogens (tertiary/aromatic N) is 6. The lowest BCUT2D eigenvalue weighted by molar-refractivity contribution is -0.190. The van der Waals surface area contributed by atoms with Crippen molar-refractivity contribution in [3.8, 4) is 5.75 Å². The van der Waals surface area contributed by atoms with E-state index in [1.807, 2.05) is 42.3 Å². The molecule has 2 N–H and O–H groups in total. The highest BCUT2D eigenvalue weighted by molar-refractivity contribution is 7.80. The van der Waals surface area contributed by atoms with Crippen LogP contribution in [-0.4, -0.2) is 95.6 Å². The van der Waals surface area contributed by atoms with Gasteiger partial charge in [-0.3, -0.25) is 0 Å². The lowest BCUT2D eigenvalue weighted by atomic mass is 10.1. The van der Waals surface area contributed by atoms with E-state index in [-0.39, 0.29) is 19.3 Å². The number of hydrogen-bond acceptors (Lipinski definition) is 9. The number of ether oxygens (including phenoxy) is 3. The zero-order valence-electron chi connectivity index (χ0n) is 26.0. The number of thiocarbonyl (C=S) groups is 1. The predicted octanol–water partition coefficient (Wildman–Crippen LogP) is 4.88. The van der Waals surface area contributed by atoms with Gasteiger partial charge in [0.05, 0.1) is 18.2 Å². The van der Waals surface area contributed by atoms with Crippen molar-refractivity contribution < 1.29 is 19.3 Å². The van der Waals surface area contributed by atoms with Crippen LogP contribution in [0.5, 0.6) is 5.75 Å². The zero-order chi connectivity index (χ0) is 32.8. The van der Waals surface area contributed by atoms with Gasteiger partial charge in [0.1, 0.15) is 37.7 Å². The molecular formula is C33H37Cl2N7O4S. The maximum absolute atomic E-state index is 9.12. The number of halogens is 2. The number of likely N-dealkylation sites (N-methyl/N-ethyl adjacent to an activating group) is 1. The third-order valence-corrected chi connectivity index (χ3v) is 9.18. The molecule has 47 heavy (non-hydrogen) atoms. The predicted molar refractivity (Wildman–Crippen MR) is 188 cm³/mol. The van der Waals surface area contributed by atoms with Crippen molar-refractivity contribution in [1.29, 1.82) is 0 Å². The van der Waals surface area contributed by atoms with Crippen LogP contribution >= 0.6 is 35.4 Å². The quantitative estimate of drug-likeness (QED) is 0.210. The Labute approximate surface area is 289 Å². The molecule has 3 heterocycles. The molecule has 248 valence electrons. The fourth-order valence-corrected chi connectivity index (χ4v) is 6.44. The van der Waals surface area contributed by atoms with Crippen molar-refractivity contribution in [3.05, 3.63) is 95.0 Å². The third-order valence-electron chi connectivity index (χ3n) is 8.22. The number of nitrogens with one attached hydrogen (secondary N) is 1. The number of aromatic nitrogens is 3. The van der Waals surface area contributed by atoms with Crippen LogP contribution in [0.25, 0.3) is 0 Å². The Bertz CT molecular complexity index is 1620.